The largest absolute Gasteiger partial charge is 0.396 e. The van der Waals surface area contributed by atoms with Gasteiger partial charge in [0.25, 0.3) is 0 Å². The highest BCUT2D eigenvalue weighted by molar-refractivity contribution is 5.73. The molecule has 0 bridgehead atoms. The molecule has 0 spiro atoms. The van der Waals surface area contributed by atoms with E-state index in [-0.39, 0.29) is 6.61 Å². The number of aliphatic hydroxyl groups is 1. The second-order valence-corrected chi connectivity index (χ2v) is 6.42. The van der Waals surface area contributed by atoms with Crippen molar-refractivity contribution in [2.45, 2.75) is 40.0 Å². The summed E-state index contributed by atoms with van der Waals surface area (Å²) in [7, 11) is 0. The van der Waals surface area contributed by atoms with E-state index in [1.807, 2.05) is 0 Å². The molecule has 0 heterocycles. The van der Waals surface area contributed by atoms with Crippen LogP contribution >= 0.6 is 0 Å². The van der Waals surface area contributed by atoms with Crippen LogP contribution in [0.4, 0.5) is 0 Å². The van der Waals surface area contributed by atoms with Crippen LogP contribution in [0.2, 0.25) is 0 Å². The topological polar surface area (TPSA) is 37.3 Å². The number of allylic oxidation sites excluding steroid dienone is 1. The minimum Gasteiger partial charge on any atom is -0.396 e. The average molecular weight is 236 g/mol. The lowest BCUT2D eigenvalue weighted by atomic mass is 9.48. The van der Waals surface area contributed by atoms with Crippen molar-refractivity contribution in [1.29, 1.82) is 0 Å². The van der Waals surface area contributed by atoms with E-state index in [0.717, 1.165) is 29.6 Å². The van der Waals surface area contributed by atoms with Crippen molar-refractivity contribution in [3.8, 4) is 0 Å². The lowest BCUT2D eigenvalue weighted by Gasteiger charge is -2.56. The Morgan fingerprint density at radius 1 is 1.41 bits per heavy atom. The summed E-state index contributed by atoms with van der Waals surface area (Å²) in [6.45, 7) is 7.07. The molecule has 0 radical (unpaired) electrons. The molecule has 2 fully saturated rings. The van der Waals surface area contributed by atoms with Crippen LogP contribution in [-0.2, 0) is 4.79 Å². The standard InChI is InChI=1S/C15H24O2/c1-10-4-5-12-14(10)13(15(12,2)3)8-11(9-17)6-7-16/h8-10,12-14,16H,4-7H2,1-3H3/b11-8+/t10-,12+,13+,14-/m1/s1. The molecule has 0 unspecified atom stereocenters. The second kappa shape index (κ2) is 4.56. The molecule has 2 nitrogen and oxygen atoms in total. The number of hydrogen-bond acceptors (Lipinski definition) is 2. The van der Waals surface area contributed by atoms with E-state index in [0.29, 0.717) is 17.8 Å². The maximum atomic E-state index is 11.0. The summed E-state index contributed by atoms with van der Waals surface area (Å²) >= 11 is 0. The fourth-order valence-corrected chi connectivity index (χ4v) is 4.19. The zero-order valence-electron chi connectivity index (χ0n) is 11.1. The van der Waals surface area contributed by atoms with Crippen molar-refractivity contribution in [3.63, 3.8) is 0 Å². The lowest BCUT2D eigenvalue weighted by Crippen LogP contribution is -2.51. The van der Waals surface area contributed by atoms with Gasteiger partial charge in [-0.25, -0.2) is 0 Å². The number of aliphatic hydroxyl groups excluding tert-OH is 1. The van der Waals surface area contributed by atoms with Crippen LogP contribution < -0.4 is 0 Å². The smallest absolute Gasteiger partial charge is 0.145 e. The Morgan fingerprint density at radius 3 is 2.71 bits per heavy atom. The molecule has 0 aromatic rings. The van der Waals surface area contributed by atoms with Gasteiger partial charge in [-0.3, -0.25) is 4.79 Å². The molecule has 4 atom stereocenters. The first kappa shape index (κ1) is 12.8. The molecule has 0 saturated heterocycles. The summed E-state index contributed by atoms with van der Waals surface area (Å²) < 4.78 is 0. The van der Waals surface area contributed by atoms with Gasteiger partial charge in [0.1, 0.15) is 6.29 Å². The maximum Gasteiger partial charge on any atom is 0.145 e. The third-order valence-corrected chi connectivity index (χ3v) is 5.23. The van der Waals surface area contributed by atoms with E-state index in [2.05, 4.69) is 26.8 Å². The molecule has 17 heavy (non-hydrogen) atoms. The zero-order chi connectivity index (χ0) is 12.6. The predicted octanol–water partition coefficient (Wildman–Crippen LogP) is 2.81. The zero-order valence-corrected chi connectivity index (χ0v) is 11.1. The van der Waals surface area contributed by atoms with Crippen molar-refractivity contribution in [2.24, 2.45) is 29.1 Å². The molecule has 1 N–H and O–H groups in total. The molecule has 2 rings (SSSR count). The minimum atomic E-state index is 0.0708. The van der Waals surface area contributed by atoms with Crippen LogP contribution in [0.15, 0.2) is 11.6 Å². The molecule has 96 valence electrons. The monoisotopic (exact) mass is 236 g/mol. The van der Waals surface area contributed by atoms with E-state index in [4.69, 9.17) is 5.11 Å². The maximum absolute atomic E-state index is 11.0. The Labute approximate surface area is 104 Å². The van der Waals surface area contributed by atoms with Crippen LogP contribution in [0.3, 0.4) is 0 Å². The van der Waals surface area contributed by atoms with Gasteiger partial charge in [-0.1, -0.05) is 33.3 Å². The van der Waals surface area contributed by atoms with Crippen molar-refractivity contribution >= 4 is 6.29 Å². The molecule has 0 aromatic heterocycles. The number of rotatable bonds is 4. The fourth-order valence-electron chi connectivity index (χ4n) is 4.19. The van der Waals surface area contributed by atoms with Gasteiger partial charge < -0.3 is 5.11 Å². The Bertz CT molecular complexity index is 330. The summed E-state index contributed by atoms with van der Waals surface area (Å²) in [5.74, 6) is 2.91. The minimum absolute atomic E-state index is 0.0708. The number of fused-ring (bicyclic) bond motifs is 1. The van der Waals surface area contributed by atoms with Gasteiger partial charge in [-0.15, -0.1) is 0 Å². The lowest BCUT2D eigenvalue weighted by molar-refractivity contribution is -0.105. The van der Waals surface area contributed by atoms with Gasteiger partial charge in [-0.05, 0) is 47.5 Å². The van der Waals surface area contributed by atoms with Crippen LogP contribution in [0, 0.1) is 29.1 Å². The highest BCUT2D eigenvalue weighted by Gasteiger charge is 2.58. The first-order valence-corrected chi connectivity index (χ1v) is 6.79. The van der Waals surface area contributed by atoms with Crippen LogP contribution in [0.1, 0.15) is 40.0 Å². The van der Waals surface area contributed by atoms with Gasteiger partial charge >= 0.3 is 0 Å². The Balaban J connectivity index is 2.17. The van der Waals surface area contributed by atoms with Crippen molar-refractivity contribution in [1.82, 2.24) is 0 Å². The van der Waals surface area contributed by atoms with Gasteiger partial charge in [0.05, 0.1) is 0 Å². The second-order valence-electron chi connectivity index (χ2n) is 6.42. The van der Waals surface area contributed by atoms with E-state index >= 15 is 0 Å². The summed E-state index contributed by atoms with van der Waals surface area (Å²) in [4.78, 5) is 11.0. The van der Waals surface area contributed by atoms with Crippen LogP contribution in [0.25, 0.3) is 0 Å². The molecule has 2 heteroatoms. The number of carbonyl (C=O) groups is 1. The molecular weight excluding hydrogens is 212 g/mol. The van der Waals surface area contributed by atoms with E-state index in [9.17, 15) is 4.79 Å². The number of carbonyl (C=O) groups excluding carboxylic acids is 1. The van der Waals surface area contributed by atoms with Crippen LogP contribution in [-0.4, -0.2) is 18.0 Å². The Hall–Kier alpha value is -0.630. The van der Waals surface area contributed by atoms with Crippen molar-refractivity contribution < 1.29 is 9.90 Å². The number of hydrogen-bond donors (Lipinski definition) is 1. The quantitative estimate of drug-likeness (QED) is 0.602. The average Bonchev–Trinajstić information content (AvgIpc) is 2.64. The van der Waals surface area contributed by atoms with Gasteiger partial charge in [-0.2, -0.15) is 0 Å². The molecule has 2 aliphatic rings. The molecule has 2 saturated carbocycles. The van der Waals surface area contributed by atoms with E-state index in [1.54, 1.807) is 0 Å². The SMILES string of the molecule is C[C@@H]1CC[C@H]2[C@@H]1[C@H](/C=C(/C=O)CCO)C2(C)C. The molecular formula is C15H24O2. The number of aldehydes is 1. The third-order valence-electron chi connectivity index (χ3n) is 5.23. The highest BCUT2D eigenvalue weighted by Crippen LogP contribution is 2.65. The van der Waals surface area contributed by atoms with E-state index < -0.39 is 0 Å². The normalized spacial score (nSPS) is 39.6. The Morgan fingerprint density at radius 2 is 2.12 bits per heavy atom. The summed E-state index contributed by atoms with van der Waals surface area (Å²) in [5, 5.41) is 8.94. The van der Waals surface area contributed by atoms with Gasteiger partial charge in [0.2, 0.25) is 0 Å². The third kappa shape index (κ3) is 1.97. The first-order valence-electron chi connectivity index (χ1n) is 6.79. The molecule has 0 aromatic carbocycles. The highest BCUT2D eigenvalue weighted by atomic mass is 16.3. The predicted molar refractivity (Wildman–Crippen MR) is 68.5 cm³/mol. The van der Waals surface area contributed by atoms with Crippen molar-refractivity contribution in [2.75, 3.05) is 6.61 Å². The summed E-state index contributed by atoms with van der Waals surface area (Å²) in [5.41, 5.74) is 1.11. The van der Waals surface area contributed by atoms with E-state index in [1.165, 1.54) is 12.8 Å². The molecule has 0 amide bonds. The summed E-state index contributed by atoms with van der Waals surface area (Å²) in [6.07, 6.45) is 6.24. The van der Waals surface area contributed by atoms with Crippen LogP contribution in [0.5, 0.6) is 0 Å². The first-order chi connectivity index (χ1) is 8.02. The molecule has 0 aliphatic heterocycles. The van der Waals surface area contributed by atoms with Gasteiger partial charge in [0, 0.05) is 6.61 Å². The van der Waals surface area contributed by atoms with Gasteiger partial charge in [0.15, 0.2) is 0 Å². The Kier molecular flexibility index (Phi) is 3.44. The molecule has 2 aliphatic carbocycles. The van der Waals surface area contributed by atoms with Crippen molar-refractivity contribution in [3.05, 3.63) is 11.6 Å². The fraction of sp³-hybridized carbons (Fsp3) is 0.800. The summed E-state index contributed by atoms with van der Waals surface area (Å²) in [6, 6.07) is 0.